The summed E-state index contributed by atoms with van der Waals surface area (Å²) < 4.78 is 14.0. The van der Waals surface area contributed by atoms with Crippen LogP contribution in [0.4, 0.5) is 4.39 Å². The molecule has 2 aromatic carbocycles. The highest BCUT2D eigenvalue weighted by atomic mass is 35.5. The third-order valence-corrected chi connectivity index (χ3v) is 4.22. The third kappa shape index (κ3) is 2.73. The highest BCUT2D eigenvalue weighted by Gasteiger charge is 2.26. The van der Waals surface area contributed by atoms with E-state index in [2.05, 4.69) is 13.8 Å². The number of hydrogen-bond donors (Lipinski definition) is 0. The molecule has 0 amide bonds. The molecule has 0 spiro atoms. The molecule has 0 aliphatic carbocycles. The Hall–Kier alpha value is -1.34. The Kier molecular flexibility index (Phi) is 4.19. The summed E-state index contributed by atoms with van der Waals surface area (Å²) in [4.78, 5) is 0. The topological polar surface area (TPSA) is 0 Å². The fourth-order valence-electron chi connectivity index (χ4n) is 2.51. The first-order valence-corrected chi connectivity index (χ1v) is 7.26. The average molecular weight is 291 g/mol. The van der Waals surface area contributed by atoms with E-state index >= 15 is 0 Å². The Morgan fingerprint density at radius 3 is 2.25 bits per heavy atom. The van der Waals surface area contributed by atoms with Crippen molar-refractivity contribution in [2.75, 3.05) is 0 Å². The van der Waals surface area contributed by atoms with Gasteiger partial charge in [-0.3, -0.25) is 0 Å². The van der Waals surface area contributed by atoms with Gasteiger partial charge in [-0.1, -0.05) is 69.6 Å². The molecule has 0 aromatic heterocycles. The Morgan fingerprint density at radius 1 is 1.05 bits per heavy atom. The lowest BCUT2D eigenvalue weighted by molar-refractivity contribution is 0.548. The van der Waals surface area contributed by atoms with Crippen molar-refractivity contribution < 1.29 is 4.39 Å². The number of benzene rings is 2. The number of hydrogen-bond acceptors (Lipinski definition) is 0. The summed E-state index contributed by atoms with van der Waals surface area (Å²) in [6, 6.07) is 13.0. The van der Waals surface area contributed by atoms with Gasteiger partial charge in [-0.2, -0.15) is 0 Å². The van der Waals surface area contributed by atoms with Crippen LogP contribution < -0.4 is 0 Å². The van der Waals surface area contributed by atoms with Crippen molar-refractivity contribution >= 4 is 11.6 Å². The minimum Gasteiger partial charge on any atom is -0.207 e. The molecule has 0 aliphatic rings. The number of rotatable bonds is 3. The molecule has 2 aromatic rings. The van der Waals surface area contributed by atoms with Crippen LogP contribution in [-0.4, -0.2) is 0 Å². The highest BCUT2D eigenvalue weighted by molar-refractivity contribution is 6.31. The zero-order valence-electron chi connectivity index (χ0n) is 12.4. The molecule has 0 radical (unpaired) electrons. The standard InChI is InChI=1S/C18H20ClF/c1-12(2)14-10-9-13(11-16(14)19)18(3,4)15-7-5-6-8-17(15)20/h5-12H,1-4H3. The van der Waals surface area contributed by atoms with E-state index in [9.17, 15) is 4.39 Å². The fraction of sp³-hybridized carbons (Fsp3) is 0.333. The summed E-state index contributed by atoms with van der Waals surface area (Å²) in [6.45, 7) is 8.27. The minimum atomic E-state index is -0.412. The van der Waals surface area contributed by atoms with Gasteiger partial charge in [-0.05, 0) is 34.7 Å². The molecular weight excluding hydrogens is 271 g/mol. The molecule has 20 heavy (non-hydrogen) atoms. The minimum absolute atomic E-state index is 0.179. The molecule has 0 atom stereocenters. The van der Waals surface area contributed by atoms with E-state index in [1.54, 1.807) is 6.07 Å². The van der Waals surface area contributed by atoms with Crippen molar-refractivity contribution in [3.63, 3.8) is 0 Å². The second-order valence-corrected chi connectivity index (χ2v) is 6.40. The lowest BCUT2D eigenvalue weighted by atomic mass is 9.77. The van der Waals surface area contributed by atoms with Gasteiger partial charge in [-0.25, -0.2) is 4.39 Å². The predicted octanol–water partition coefficient (Wildman–Crippen LogP) is 5.93. The summed E-state index contributed by atoms with van der Waals surface area (Å²) in [5.41, 5.74) is 2.43. The smallest absolute Gasteiger partial charge is 0.127 e. The molecular formula is C18H20ClF. The van der Waals surface area contributed by atoms with Crippen LogP contribution in [0, 0.1) is 5.82 Å². The Balaban J connectivity index is 2.50. The van der Waals surface area contributed by atoms with Crippen LogP contribution in [-0.2, 0) is 5.41 Å². The molecule has 0 heterocycles. The maximum atomic E-state index is 14.0. The molecule has 0 saturated heterocycles. The predicted molar refractivity (Wildman–Crippen MR) is 84.1 cm³/mol. The monoisotopic (exact) mass is 290 g/mol. The maximum Gasteiger partial charge on any atom is 0.127 e. The normalized spacial score (nSPS) is 11.9. The van der Waals surface area contributed by atoms with Gasteiger partial charge in [0.2, 0.25) is 0 Å². The molecule has 2 heteroatoms. The lowest BCUT2D eigenvalue weighted by Gasteiger charge is -2.27. The van der Waals surface area contributed by atoms with E-state index in [0.717, 1.165) is 16.1 Å². The first-order chi connectivity index (χ1) is 9.34. The van der Waals surface area contributed by atoms with Gasteiger partial charge in [0, 0.05) is 10.4 Å². The molecule has 0 saturated carbocycles. The molecule has 0 unspecified atom stereocenters. The maximum absolute atomic E-state index is 14.0. The summed E-state index contributed by atoms with van der Waals surface area (Å²) in [5, 5.41) is 0.752. The largest absolute Gasteiger partial charge is 0.207 e. The fourth-order valence-corrected chi connectivity index (χ4v) is 2.91. The van der Waals surface area contributed by atoms with E-state index in [1.807, 2.05) is 44.2 Å². The molecule has 0 N–H and O–H groups in total. The lowest BCUT2D eigenvalue weighted by Crippen LogP contribution is -2.20. The van der Waals surface area contributed by atoms with Gasteiger partial charge >= 0.3 is 0 Å². The molecule has 0 nitrogen and oxygen atoms in total. The molecule has 0 bridgehead atoms. The van der Waals surface area contributed by atoms with Crippen LogP contribution in [0.3, 0.4) is 0 Å². The SMILES string of the molecule is CC(C)c1ccc(C(C)(C)c2ccccc2F)cc1Cl. The molecule has 0 aliphatic heterocycles. The molecule has 106 valence electrons. The van der Waals surface area contributed by atoms with Gasteiger partial charge < -0.3 is 0 Å². The summed E-state index contributed by atoms with van der Waals surface area (Å²) >= 11 is 6.36. The van der Waals surface area contributed by atoms with Gasteiger partial charge in [0.25, 0.3) is 0 Å². The van der Waals surface area contributed by atoms with Crippen molar-refractivity contribution in [1.29, 1.82) is 0 Å². The Morgan fingerprint density at radius 2 is 1.70 bits per heavy atom. The summed E-state index contributed by atoms with van der Waals surface area (Å²) in [5.74, 6) is 0.203. The van der Waals surface area contributed by atoms with Gasteiger partial charge in [0.1, 0.15) is 5.82 Å². The third-order valence-electron chi connectivity index (χ3n) is 3.89. The van der Waals surface area contributed by atoms with Crippen molar-refractivity contribution in [2.24, 2.45) is 0 Å². The quantitative estimate of drug-likeness (QED) is 0.657. The summed E-state index contributed by atoms with van der Waals surface area (Å²) in [7, 11) is 0. The second-order valence-electron chi connectivity index (χ2n) is 6.00. The summed E-state index contributed by atoms with van der Waals surface area (Å²) in [6.07, 6.45) is 0. The van der Waals surface area contributed by atoms with E-state index in [1.165, 1.54) is 6.07 Å². The van der Waals surface area contributed by atoms with Crippen LogP contribution in [0.25, 0.3) is 0 Å². The average Bonchev–Trinajstić information content (AvgIpc) is 2.38. The Labute approximate surface area is 125 Å². The zero-order chi connectivity index (χ0) is 14.9. The van der Waals surface area contributed by atoms with Gasteiger partial charge in [0.05, 0.1) is 0 Å². The van der Waals surface area contributed by atoms with Crippen molar-refractivity contribution in [3.8, 4) is 0 Å². The van der Waals surface area contributed by atoms with E-state index in [4.69, 9.17) is 11.6 Å². The highest BCUT2D eigenvalue weighted by Crippen LogP contribution is 2.36. The van der Waals surface area contributed by atoms with Crippen LogP contribution in [0.5, 0.6) is 0 Å². The molecule has 0 fully saturated rings. The first-order valence-electron chi connectivity index (χ1n) is 6.89. The van der Waals surface area contributed by atoms with Crippen LogP contribution in [0.1, 0.15) is 50.3 Å². The first kappa shape index (κ1) is 15.1. The van der Waals surface area contributed by atoms with E-state index in [-0.39, 0.29) is 5.82 Å². The van der Waals surface area contributed by atoms with Crippen LogP contribution in [0.15, 0.2) is 42.5 Å². The van der Waals surface area contributed by atoms with Gasteiger partial charge in [-0.15, -0.1) is 0 Å². The molecule has 2 rings (SSSR count). The Bertz CT molecular complexity index is 615. The van der Waals surface area contributed by atoms with Gasteiger partial charge in [0.15, 0.2) is 0 Å². The zero-order valence-corrected chi connectivity index (χ0v) is 13.1. The van der Waals surface area contributed by atoms with Crippen molar-refractivity contribution in [1.82, 2.24) is 0 Å². The van der Waals surface area contributed by atoms with Crippen molar-refractivity contribution in [2.45, 2.75) is 39.0 Å². The second kappa shape index (κ2) is 5.57. The number of halogens is 2. The van der Waals surface area contributed by atoms with E-state index < -0.39 is 5.41 Å². The van der Waals surface area contributed by atoms with Crippen molar-refractivity contribution in [3.05, 3.63) is 70.0 Å². The van der Waals surface area contributed by atoms with Crippen LogP contribution >= 0.6 is 11.6 Å². The van der Waals surface area contributed by atoms with E-state index in [0.29, 0.717) is 11.5 Å². The van der Waals surface area contributed by atoms with Crippen LogP contribution in [0.2, 0.25) is 5.02 Å².